The Morgan fingerprint density at radius 2 is 2.30 bits per heavy atom. The monoisotopic (exact) mass is 310 g/mol. The van der Waals surface area contributed by atoms with Crippen LogP contribution in [-0.4, -0.2) is 36.4 Å². The van der Waals surface area contributed by atoms with Crippen molar-refractivity contribution < 1.29 is 9.53 Å². The maximum Gasteiger partial charge on any atom is 0.150 e. The molecule has 120 valence electrons. The molecule has 0 aliphatic carbocycles. The zero-order valence-electron chi connectivity index (χ0n) is 13.4. The molecular formula is C19H22N2O2. The van der Waals surface area contributed by atoms with Crippen LogP contribution in [0.5, 0.6) is 5.75 Å². The van der Waals surface area contributed by atoms with Crippen molar-refractivity contribution in [2.45, 2.75) is 25.3 Å². The van der Waals surface area contributed by atoms with Crippen LogP contribution in [0.4, 0.5) is 0 Å². The summed E-state index contributed by atoms with van der Waals surface area (Å²) in [4.78, 5) is 17.7. The van der Waals surface area contributed by atoms with Gasteiger partial charge in [-0.3, -0.25) is 14.7 Å². The smallest absolute Gasteiger partial charge is 0.150 e. The van der Waals surface area contributed by atoms with E-state index in [2.05, 4.69) is 16.0 Å². The molecule has 1 aromatic heterocycles. The molecule has 1 aliphatic rings. The summed E-state index contributed by atoms with van der Waals surface area (Å²) in [6, 6.07) is 9.77. The number of pyridine rings is 1. The predicted octanol–water partition coefficient (Wildman–Crippen LogP) is 3.28. The number of aromatic nitrogens is 1. The van der Waals surface area contributed by atoms with Crippen molar-refractivity contribution in [1.29, 1.82) is 0 Å². The number of likely N-dealkylation sites (tertiary alicyclic amines) is 1. The first-order chi connectivity index (χ1) is 11.3. The first-order valence-corrected chi connectivity index (χ1v) is 8.04. The first-order valence-electron chi connectivity index (χ1n) is 8.04. The molecule has 1 aromatic carbocycles. The molecule has 1 unspecified atom stereocenters. The van der Waals surface area contributed by atoms with Crippen LogP contribution in [0, 0.1) is 0 Å². The van der Waals surface area contributed by atoms with E-state index in [4.69, 9.17) is 4.74 Å². The van der Waals surface area contributed by atoms with Crippen LogP contribution in [0.3, 0.4) is 0 Å². The summed E-state index contributed by atoms with van der Waals surface area (Å²) >= 11 is 0. The van der Waals surface area contributed by atoms with Crippen LogP contribution >= 0.6 is 0 Å². The maximum absolute atomic E-state index is 11.0. The highest BCUT2D eigenvalue weighted by Crippen LogP contribution is 2.29. The Morgan fingerprint density at radius 1 is 1.39 bits per heavy atom. The summed E-state index contributed by atoms with van der Waals surface area (Å²) < 4.78 is 5.45. The Morgan fingerprint density at radius 3 is 3.04 bits per heavy atom. The van der Waals surface area contributed by atoms with E-state index in [0.29, 0.717) is 11.5 Å². The van der Waals surface area contributed by atoms with Gasteiger partial charge in [0.25, 0.3) is 0 Å². The Bertz CT molecular complexity index is 658. The number of benzene rings is 1. The molecular weight excluding hydrogens is 288 g/mol. The summed E-state index contributed by atoms with van der Waals surface area (Å²) in [6.45, 7) is 2.90. The van der Waals surface area contributed by atoms with Gasteiger partial charge in [-0.25, -0.2) is 0 Å². The zero-order chi connectivity index (χ0) is 16.1. The second-order valence-electron chi connectivity index (χ2n) is 6.05. The third-order valence-electron chi connectivity index (χ3n) is 4.50. The van der Waals surface area contributed by atoms with Crippen molar-refractivity contribution in [1.82, 2.24) is 9.88 Å². The average molecular weight is 310 g/mol. The van der Waals surface area contributed by atoms with E-state index in [1.165, 1.54) is 18.4 Å². The lowest BCUT2D eigenvalue weighted by molar-refractivity contribution is 0.112. The summed E-state index contributed by atoms with van der Waals surface area (Å²) in [7, 11) is 1.67. The SMILES string of the molecule is COc1ccc(C=O)cc1CN1CCCC(c2cccnc2)C1. The molecule has 0 spiro atoms. The van der Waals surface area contributed by atoms with E-state index in [0.717, 1.165) is 37.2 Å². The quantitative estimate of drug-likeness (QED) is 0.795. The van der Waals surface area contributed by atoms with E-state index < -0.39 is 0 Å². The number of aldehydes is 1. The second-order valence-corrected chi connectivity index (χ2v) is 6.05. The lowest BCUT2D eigenvalue weighted by atomic mass is 9.91. The van der Waals surface area contributed by atoms with E-state index in [-0.39, 0.29) is 0 Å². The highest BCUT2D eigenvalue weighted by atomic mass is 16.5. The van der Waals surface area contributed by atoms with Crippen molar-refractivity contribution in [2.24, 2.45) is 0 Å². The minimum absolute atomic E-state index is 0.526. The van der Waals surface area contributed by atoms with Crippen LogP contribution in [0.1, 0.15) is 40.2 Å². The van der Waals surface area contributed by atoms with Crippen LogP contribution < -0.4 is 4.74 Å². The molecule has 4 nitrogen and oxygen atoms in total. The molecule has 1 aliphatic heterocycles. The summed E-state index contributed by atoms with van der Waals surface area (Å²) in [5.74, 6) is 1.37. The lowest BCUT2D eigenvalue weighted by Crippen LogP contribution is -2.34. The summed E-state index contributed by atoms with van der Waals surface area (Å²) in [5, 5.41) is 0. The zero-order valence-corrected chi connectivity index (χ0v) is 13.4. The highest BCUT2D eigenvalue weighted by molar-refractivity contribution is 5.75. The van der Waals surface area contributed by atoms with Gasteiger partial charge in [0.2, 0.25) is 0 Å². The van der Waals surface area contributed by atoms with Gasteiger partial charge in [-0.05, 0) is 55.1 Å². The van der Waals surface area contributed by atoms with Gasteiger partial charge in [-0.15, -0.1) is 0 Å². The molecule has 23 heavy (non-hydrogen) atoms. The van der Waals surface area contributed by atoms with Gasteiger partial charge in [0.1, 0.15) is 12.0 Å². The Kier molecular flexibility index (Phi) is 5.03. The molecule has 1 saturated heterocycles. The summed E-state index contributed by atoms with van der Waals surface area (Å²) in [5.41, 5.74) is 3.08. The highest BCUT2D eigenvalue weighted by Gasteiger charge is 2.22. The third kappa shape index (κ3) is 3.77. The topological polar surface area (TPSA) is 42.4 Å². The van der Waals surface area contributed by atoms with Crippen LogP contribution in [0.2, 0.25) is 0 Å². The van der Waals surface area contributed by atoms with Crippen LogP contribution in [0.25, 0.3) is 0 Å². The van der Waals surface area contributed by atoms with Gasteiger partial charge >= 0.3 is 0 Å². The van der Waals surface area contributed by atoms with Gasteiger partial charge in [0.05, 0.1) is 7.11 Å². The standard InChI is InChI=1S/C19H22N2O2/c1-23-19-7-6-15(14-22)10-18(19)13-21-9-3-5-17(12-21)16-4-2-8-20-11-16/h2,4,6-8,10-11,14,17H,3,5,9,12-13H2,1H3. The molecule has 1 atom stereocenters. The molecule has 0 saturated carbocycles. The van der Waals surface area contributed by atoms with Gasteiger partial charge in [-0.1, -0.05) is 6.07 Å². The number of rotatable bonds is 5. The predicted molar refractivity (Wildman–Crippen MR) is 89.9 cm³/mol. The number of hydrogen-bond donors (Lipinski definition) is 0. The number of ether oxygens (including phenoxy) is 1. The van der Waals surface area contributed by atoms with Crippen LogP contribution in [0.15, 0.2) is 42.7 Å². The fraction of sp³-hybridized carbons (Fsp3) is 0.368. The molecule has 0 amide bonds. The van der Waals surface area contributed by atoms with Gasteiger partial charge in [-0.2, -0.15) is 0 Å². The number of nitrogens with zero attached hydrogens (tertiary/aromatic N) is 2. The van der Waals surface area contributed by atoms with Crippen molar-refractivity contribution in [2.75, 3.05) is 20.2 Å². The number of methoxy groups -OCH3 is 1. The Balaban J connectivity index is 1.74. The lowest BCUT2D eigenvalue weighted by Gasteiger charge is -2.33. The number of carbonyl (C=O) groups excluding carboxylic acids is 1. The molecule has 2 heterocycles. The maximum atomic E-state index is 11.0. The van der Waals surface area contributed by atoms with E-state index in [9.17, 15) is 4.79 Å². The van der Waals surface area contributed by atoms with Gasteiger partial charge < -0.3 is 4.74 Å². The average Bonchev–Trinajstić information content (AvgIpc) is 2.62. The van der Waals surface area contributed by atoms with Crippen molar-refractivity contribution in [3.05, 3.63) is 59.4 Å². The Hall–Kier alpha value is -2.20. The van der Waals surface area contributed by atoms with Gasteiger partial charge in [0.15, 0.2) is 0 Å². The van der Waals surface area contributed by atoms with E-state index in [1.54, 1.807) is 13.2 Å². The molecule has 0 radical (unpaired) electrons. The Labute approximate surface area is 137 Å². The van der Waals surface area contributed by atoms with E-state index >= 15 is 0 Å². The molecule has 4 heteroatoms. The number of hydrogen-bond acceptors (Lipinski definition) is 4. The molecule has 0 bridgehead atoms. The molecule has 3 rings (SSSR count). The fourth-order valence-electron chi connectivity index (χ4n) is 3.32. The van der Waals surface area contributed by atoms with Crippen molar-refractivity contribution >= 4 is 6.29 Å². The molecule has 1 fully saturated rings. The normalized spacial score (nSPS) is 18.6. The number of carbonyl (C=O) groups is 1. The van der Waals surface area contributed by atoms with E-state index in [1.807, 2.05) is 30.6 Å². The van der Waals surface area contributed by atoms with Crippen LogP contribution in [-0.2, 0) is 6.54 Å². The first kappa shape index (κ1) is 15.7. The minimum Gasteiger partial charge on any atom is -0.496 e. The molecule has 0 N–H and O–H groups in total. The molecule has 2 aromatic rings. The van der Waals surface area contributed by atoms with Crippen molar-refractivity contribution in [3.63, 3.8) is 0 Å². The van der Waals surface area contributed by atoms with Gasteiger partial charge in [0, 0.05) is 36.6 Å². The second kappa shape index (κ2) is 7.38. The third-order valence-corrected chi connectivity index (χ3v) is 4.50. The summed E-state index contributed by atoms with van der Waals surface area (Å²) in [6.07, 6.45) is 7.06. The fourth-order valence-corrected chi connectivity index (χ4v) is 3.32. The number of piperidine rings is 1. The van der Waals surface area contributed by atoms with Crippen molar-refractivity contribution in [3.8, 4) is 5.75 Å². The minimum atomic E-state index is 0.526. The largest absolute Gasteiger partial charge is 0.496 e.